The molecular formula is C17H19N5O2S. The van der Waals surface area contributed by atoms with Gasteiger partial charge in [0.2, 0.25) is 5.13 Å². The maximum Gasteiger partial charge on any atom is 0.319 e. The number of aromatic nitrogens is 3. The Kier molecular flexibility index (Phi) is 5.63. The zero-order valence-electron chi connectivity index (χ0n) is 13.8. The Hall–Kier alpha value is -2.87. The zero-order valence-corrected chi connectivity index (χ0v) is 14.6. The SMILES string of the molecule is CCOc1ccccc1NC(=O)NCCc1csc(-n2cccn2)n1. The first-order valence-electron chi connectivity index (χ1n) is 7.97. The number of hydrogen-bond acceptors (Lipinski definition) is 5. The minimum Gasteiger partial charge on any atom is -0.492 e. The Bertz CT molecular complexity index is 816. The quantitative estimate of drug-likeness (QED) is 0.681. The van der Waals surface area contributed by atoms with Gasteiger partial charge < -0.3 is 15.4 Å². The molecule has 0 unspecified atom stereocenters. The first kappa shape index (κ1) is 17.0. The van der Waals surface area contributed by atoms with Crippen LogP contribution in [0.15, 0.2) is 48.1 Å². The summed E-state index contributed by atoms with van der Waals surface area (Å²) in [5, 5.41) is 12.6. The number of rotatable bonds is 7. The summed E-state index contributed by atoms with van der Waals surface area (Å²) in [7, 11) is 0. The van der Waals surface area contributed by atoms with Crippen molar-refractivity contribution in [2.24, 2.45) is 0 Å². The minimum absolute atomic E-state index is 0.269. The molecule has 0 aliphatic carbocycles. The highest BCUT2D eigenvalue weighted by atomic mass is 32.1. The molecule has 7 nitrogen and oxygen atoms in total. The van der Waals surface area contributed by atoms with Gasteiger partial charge in [0.25, 0.3) is 0 Å². The van der Waals surface area contributed by atoms with Crippen LogP contribution in [0.4, 0.5) is 10.5 Å². The van der Waals surface area contributed by atoms with Gasteiger partial charge in [0.05, 0.1) is 18.0 Å². The van der Waals surface area contributed by atoms with Gasteiger partial charge in [-0.1, -0.05) is 12.1 Å². The lowest BCUT2D eigenvalue weighted by atomic mass is 10.3. The van der Waals surface area contributed by atoms with Crippen molar-refractivity contribution in [3.63, 3.8) is 0 Å². The van der Waals surface area contributed by atoms with Crippen LogP contribution < -0.4 is 15.4 Å². The van der Waals surface area contributed by atoms with Crippen LogP contribution >= 0.6 is 11.3 Å². The lowest BCUT2D eigenvalue weighted by Crippen LogP contribution is -2.30. The van der Waals surface area contributed by atoms with Crippen molar-refractivity contribution in [1.82, 2.24) is 20.1 Å². The summed E-state index contributed by atoms with van der Waals surface area (Å²) < 4.78 is 7.21. The molecule has 0 bridgehead atoms. The number of hydrogen-bond donors (Lipinski definition) is 2. The number of urea groups is 1. The van der Waals surface area contributed by atoms with Gasteiger partial charge in [-0.15, -0.1) is 11.3 Å². The Labute approximate surface area is 149 Å². The number of para-hydroxylation sites is 2. The molecule has 2 aromatic heterocycles. The molecule has 3 rings (SSSR count). The fourth-order valence-corrected chi connectivity index (χ4v) is 3.02. The molecule has 0 saturated carbocycles. The number of nitrogens with one attached hydrogen (secondary N) is 2. The first-order chi connectivity index (χ1) is 12.3. The molecule has 0 aliphatic rings. The molecule has 0 aliphatic heterocycles. The standard InChI is InChI=1S/C17H19N5O2S/c1-2-24-15-7-4-3-6-14(15)21-16(23)18-10-8-13-12-25-17(20-13)22-11-5-9-19-22/h3-7,9,11-12H,2,8,10H2,1H3,(H2,18,21,23). The number of ether oxygens (including phenoxy) is 1. The van der Waals surface area contributed by atoms with E-state index < -0.39 is 0 Å². The van der Waals surface area contributed by atoms with Crippen LogP contribution in [0.5, 0.6) is 5.75 Å². The normalized spacial score (nSPS) is 10.4. The fraction of sp³-hybridized carbons (Fsp3) is 0.235. The van der Waals surface area contributed by atoms with Crippen molar-refractivity contribution in [2.45, 2.75) is 13.3 Å². The van der Waals surface area contributed by atoms with E-state index in [4.69, 9.17) is 4.74 Å². The van der Waals surface area contributed by atoms with E-state index in [1.807, 2.05) is 42.8 Å². The summed E-state index contributed by atoms with van der Waals surface area (Å²) in [6.07, 6.45) is 4.22. The van der Waals surface area contributed by atoms with Crippen molar-refractivity contribution in [3.8, 4) is 10.9 Å². The van der Waals surface area contributed by atoms with Crippen LogP contribution in [0.25, 0.3) is 5.13 Å². The van der Waals surface area contributed by atoms with Crippen LogP contribution in [0.2, 0.25) is 0 Å². The monoisotopic (exact) mass is 357 g/mol. The topological polar surface area (TPSA) is 81.1 Å². The number of carbonyl (C=O) groups excluding carboxylic acids is 1. The van der Waals surface area contributed by atoms with Gasteiger partial charge in [0.1, 0.15) is 5.75 Å². The molecule has 0 spiro atoms. The molecule has 2 amide bonds. The second-order valence-corrected chi connectivity index (χ2v) is 5.97. The fourth-order valence-electron chi connectivity index (χ4n) is 2.22. The minimum atomic E-state index is -0.269. The van der Waals surface area contributed by atoms with E-state index in [9.17, 15) is 4.79 Å². The van der Waals surface area contributed by atoms with Gasteiger partial charge >= 0.3 is 6.03 Å². The predicted molar refractivity (Wildman–Crippen MR) is 97.6 cm³/mol. The predicted octanol–water partition coefficient (Wildman–Crippen LogP) is 3.09. The third kappa shape index (κ3) is 4.57. The van der Waals surface area contributed by atoms with Crippen LogP contribution in [0, 0.1) is 0 Å². The van der Waals surface area contributed by atoms with Gasteiger partial charge in [0.15, 0.2) is 0 Å². The number of nitrogens with zero attached hydrogens (tertiary/aromatic N) is 3. The van der Waals surface area contributed by atoms with Gasteiger partial charge in [0, 0.05) is 30.7 Å². The Morgan fingerprint density at radius 2 is 2.20 bits per heavy atom. The van der Waals surface area contributed by atoms with Gasteiger partial charge in [-0.2, -0.15) is 5.10 Å². The summed E-state index contributed by atoms with van der Waals surface area (Å²) >= 11 is 1.52. The second-order valence-electron chi connectivity index (χ2n) is 5.13. The summed E-state index contributed by atoms with van der Waals surface area (Å²) in [6.45, 7) is 2.94. The number of anilines is 1. The number of carbonyl (C=O) groups is 1. The Morgan fingerprint density at radius 3 is 3.00 bits per heavy atom. The van der Waals surface area contributed by atoms with Crippen molar-refractivity contribution < 1.29 is 9.53 Å². The van der Waals surface area contributed by atoms with Crippen molar-refractivity contribution in [2.75, 3.05) is 18.5 Å². The molecule has 0 saturated heterocycles. The van der Waals surface area contributed by atoms with Crippen molar-refractivity contribution >= 4 is 23.1 Å². The summed E-state index contributed by atoms with van der Waals surface area (Å²) in [4.78, 5) is 16.5. The highest BCUT2D eigenvalue weighted by Gasteiger charge is 2.08. The van der Waals surface area contributed by atoms with Crippen LogP contribution in [0.3, 0.4) is 0 Å². The largest absolute Gasteiger partial charge is 0.492 e. The Morgan fingerprint density at radius 1 is 1.32 bits per heavy atom. The smallest absolute Gasteiger partial charge is 0.319 e. The number of amides is 2. The van der Waals surface area contributed by atoms with E-state index in [2.05, 4.69) is 20.7 Å². The van der Waals surface area contributed by atoms with Crippen LogP contribution in [-0.2, 0) is 6.42 Å². The van der Waals surface area contributed by atoms with Gasteiger partial charge in [-0.25, -0.2) is 14.5 Å². The number of benzene rings is 1. The zero-order chi connectivity index (χ0) is 17.5. The average Bonchev–Trinajstić information content (AvgIpc) is 3.28. The van der Waals surface area contributed by atoms with Crippen molar-refractivity contribution in [3.05, 3.63) is 53.8 Å². The third-order valence-corrected chi connectivity index (χ3v) is 4.22. The molecule has 2 N–H and O–H groups in total. The van der Waals surface area contributed by atoms with Crippen LogP contribution in [0.1, 0.15) is 12.6 Å². The average molecular weight is 357 g/mol. The summed E-state index contributed by atoms with van der Waals surface area (Å²) in [6, 6.07) is 8.94. The van der Waals surface area contributed by atoms with E-state index in [0.29, 0.717) is 31.0 Å². The third-order valence-electron chi connectivity index (χ3n) is 3.34. The molecule has 1 aromatic carbocycles. The first-order valence-corrected chi connectivity index (χ1v) is 8.85. The van der Waals surface area contributed by atoms with Crippen molar-refractivity contribution in [1.29, 1.82) is 0 Å². The molecule has 8 heteroatoms. The van der Waals surface area contributed by atoms with E-state index in [1.54, 1.807) is 16.9 Å². The molecule has 0 radical (unpaired) electrons. The Balaban J connectivity index is 1.48. The lowest BCUT2D eigenvalue weighted by molar-refractivity contribution is 0.252. The van der Waals surface area contributed by atoms with Crippen LogP contribution in [-0.4, -0.2) is 33.9 Å². The molecule has 130 valence electrons. The summed E-state index contributed by atoms with van der Waals surface area (Å²) in [5.74, 6) is 0.656. The molecule has 2 heterocycles. The van der Waals surface area contributed by atoms with E-state index in [1.165, 1.54) is 11.3 Å². The molecule has 3 aromatic rings. The molecular weight excluding hydrogens is 338 g/mol. The highest BCUT2D eigenvalue weighted by Crippen LogP contribution is 2.23. The highest BCUT2D eigenvalue weighted by molar-refractivity contribution is 7.12. The molecule has 0 atom stereocenters. The van der Waals surface area contributed by atoms with E-state index >= 15 is 0 Å². The lowest BCUT2D eigenvalue weighted by Gasteiger charge is -2.11. The molecule has 25 heavy (non-hydrogen) atoms. The van der Waals surface area contributed by atoms with Gasteiger partial charge in [-0.05, 0) is 25.1 Å². The molecule has 0 fully saturated rings. The van der Waals surface area contributed by atoms with E-state index in [0.717, 1.165) is 10.8 Å². The van der Waals surface area contributed by atoms with Gasteiger partial charge in [-0.3, -0.25) is 0 Å². The summed E-state index contributed by atoms with van der Waals surface area (Å²) in [5.41, 5.74) is 1.57. The van der Waals surface area contributed by atoms with E-state index in [-0.39, 0.29) is 6.03 Å². The maximum atomic E-state index is 12.0. The maximum absolute atomic E-state index is 12.0. The second kappa shape index (κ2) is 8.29. The number of thiazole rings is 1.